The van der Waals surface area contributed by atoms with Gasteiger partial charge < -0.3 is 19.9 Å². The monoisotopic (exact) mass is 337 g/mol. The zero-order valence-electron chi connectivity index (χ0n) is 15.5. The molecule has 0 radical (unpaired) electrons. The summed E-state index contributed by atoms with van der Waals surface area (Å²) in [4.78, 5) is 41.0. The lowest BCUT2D eigenvalue weighted by atomic mass is 10.1. The molecule has 0 fully saturated rings. The van der Waals surface area contributed by atoms with E-state index in [1.807, 2.05) is 20.8 Å². The molecule has 7 nitrogen and oxygen atoms in total. The second-order valence-electron chi connectivity index (χ2n) is 6.73. The van der Waals surface area contributed by atoms with Gasteiger partial charge in [0.15, 0.2) is 0 Å². The second kappa shape index (κ2) is 7.51. The van der Waals surface area contributed by atoms with E-state index in [0.717, 1.165) is 0 Å². The predicted octanol–water partition coefficient (Wildman–Crippen LogP) is 1.79. The van der Waals surface area contributed by atoms with Crippen molar-refractivity contribution in [3.63, 3.8) is 0 Å². The van der Waals surface area contributed by atoms with Gasteiger partial charge in [-0.1, -0.05) is 0 Å². The van der Waals surface area contributed by atoms with Gasteiger partial charge in [-0.2, -0.15) is 0 Å². The highest BCUT2D eigenvalue weighted by atomic mass is 16.5. The molecule has 0 saturated heterocycles. The molecule has 0 aliphatic rings. The molecule has 0 aliphatic heterocycles. The number of hydrogen-bond donors (Lipinski definition) is 2. The summed E-state index contributed by atoms with van der Waals surface area (Å²) in [5.41, 5.74) is 1.39. The summed E-state index contributed by atoms with van der Waals surface area (Å²) in [6.07, 6.45) is 0. The van der Waals surface area contributed by atoms with Crippen LogP contribution < -0.4 is 5.32 Å². The minimum atomic E-state index is -0.492. The van der Waals surface area contributed by atoms with Gasteiger partial charge >= 0.3 is 5.97 Å². The van der Waals surface area contributed by atoms with Gasteiger partial charge in [0.2, 0.25) is 5.91 Å². The van der Waals surface area contributed by atoms with Gasteiger partial charge in [-0.05, 0) is 47.1 Å². The Morgan fingerprint density at radius 2 is 1.79 bits per heavy atom. The smallest absolute Gasteiger partial charge is 0.339 e. The number of H-pyrrole nitrogens is 1. The molecule has 2 amide bonds. The minimum Gasteiger partial charge on any atom is -0.465 e. The van der Waals surface area contributed by atoms with E-state index in [1.54, 1.807) is 20.8 Å². The van der Waals surface area contributed by atoms with E-state index in [4.69, 9.17) is 4.74 Å². The lowest BCUT2D eigenvalue weighted by Crippen LogP contribution is -2.47. The first-order valence-electron chi connectivity index (χ1n) is 7.89. The Morgan fingerprint density at radius 3 is 2.25 bits per heavy atom. The van der Waals surface area contributed by atoms with Crippen LogP contribution in [-0.2, 0) is 9.53 Å². The molecule has 0 saturated carbocycles. The molecule has 0 bridgehead atoms. The van der Waals surface area contributed by atoms with E-state index < -0.39 is 5.97 Å². The summed E-state index contributed by atoms with van der Waals surface area (Å²) in [7, 11) is 1.30. The van der Waals surface area contributed by atoms with Crippen molar-refractivity contribution < 1.29 is 19.1 Å². The minimum absolute atomic E-state index is 0.0440. The molecule has 134 valence electrons. The Hall–Kier alpha value is -2.31. The van der Waals surface area contributed by atoms with E-state index in [-0.39, 0.29) is 23.9 Å². The fraction of sp³-hybridized carbons (Fsp3) is 0.588. The Labute approximate surface area is 142 Å². The Bertz CT molecular complexity index is 641. The quantitative estimate of drug-likeness (QED) is 0.802. The van der Waals surface area contributed by atoms with E-state index in [9.17, 15) is 14.4 Å². The molecule has 0 spiro atoms. The molecule has 0 unspecified atom stereocenters. The van der Waals surface area contributed by atoms with Gasteiger partial charge in [0.25, 0.3) is 5.91 Å². The highest BCUT2D eigenvalue weighted by molar-refractivity contribution is 6.01. The molecule has 2 N–H and O–H groups in total. The Kier molecular flexibility index (Phi) is 6.17. The molecule has 0 aliphatic carbocycles. The van der Waals surface area contributed by atoms with Gasteiger partial charge in [0, 0.05) is 17.8 Å². The SMILES string of the molecule is CCN(CC(=O)NC(C)(C)C)C(=O)c1[nH]c(C)c(C(=O)OC)c1C. The summed E-state index contributed by atoms with van der Waals surface area (Å²) in [6, 6.07) is 0. The van der Waals surface area contributed by atoms with Crippen molar-refractivity contribution in [2.75, 3.05) is 20.2 Å². The number of aromatic nitrogens is 1. The Balaban J connectivity index is 3.03. The van der Waals surface area contributed by atoms with Crippen LogP contribution in [0.25, 0.3) is 0 Å². The van der Waals surface area contributed by atoms with E-state index in [0.29, 0.717) is 29.1 Å². The number of aryl methyl sites for hydroxylation is 1. The maximum absolute atomic E-state index is 12.7. The molecule has 0 aromatic carbocycles. The van der Waals surface area contributed by atoms with Crippen LogP contribution in [-0.4, -0.2) is 53.4 Å². The normalized spacial score (nSPS) is 11.1. The molecular formula is C17H27N3O4. The van der Waals surface area contributed by atoms with Gasteiger partial charge in [-0.15, -0.1) is 0 Å². The summed E-state index contributed by atoms with van der Waals surface area (Å²) in [6.45, 7) is 11.2. The van der Waals surface area contributed by atoms with E-state index in [2.05, 4.69) is 10.3 Å². The van der Waals surface area contributed by atoms with Crippen LogP contribution in [0.1, 0.15) is 59.8 Å². The molecule has 7 heteroatoms. The third kappa shape index (κ3) is 4.59. The van der Waals surface area contributed by atoms with Crippen LogP contribution in [0.5, 0.6) is 0 Å². The van der Waals surface area contributed by atoms with Crippen molar-refractivity contribution >= 4 is 17.8 Å². The first-order chi connectivity index (χ1) is 11.0. The van der Waals surface area contributed by atoms with Crippen molar-refractivity contribution in [1.29, 1.82) is 0 Å². The van der Waals surface area contributed by atoms with Crippen LogP contribution >= 0.6 is 0 Å². The zero-order valence-corrected chi connectivity index (χ0v) is 15.5. The van der Waals surface area contributed by atoms with Crippen LogP contribution in [0.3, 0.4) is 0 Å². The lowest BCUT2D eigenvalue weighted by Gasteiger charge is -2.25. The molecule has 1 heterocycles. The average Bonchev–Trinajstić information content (AvgIpc) is 2.76. The van der Waals surface area contributed by atoms with Crippen LogP contribution in [0, 0.1) is 13.8 Å². The van der Waals surface area contributed by atoms with Crippen molar-refractivity contribution in [2.45, 2.75) is 47.1 Å². The lowest BCUT2D eigenvalue weighted by molar-refractivity contribution is -0.123. The fourth-order valence-corrected chi connectivity index (χ4v) is 2.49. The highest BCUT2D eigenvalue weighted by Gasteiger charge is 2.26. The van der Waals surface area contributed by atoms with Crippen molar-refractivity contribution in [3.8, 4) is 0 Å². The zero-order chi connectivity index (χ0) is 18.7. The number of hydrogen-bond acceptors (Lipinski definition) is 4. The second-order valence-corrected chi connectivity index (χ2v) is 6.73. The molecular weight excluding hydrogens is 310 g/mol. The number of nitrogens with zero attached hydrogens (tertiary/aromatic N) is 1. The summed E-state index contributed by atoms with van der Waals surface area (Å²) >= 11 is 0. The molecule has 1 rings (SSSR count). The number of rotatable bonds is 5. The number of methoxy groups -OCH3 is 1. The maximum Gasteiger partial charge on any atom is 0.339 e. The topological polar surface area (TPSA) is 91.5 Å². The van der Waals surface area contributed by atoms with Crippen molar-refractivity contribution in [1.82, 2.24) is 15.2 Å². The van der Waals surface area contributed by atoms with Gasteiger partial charge in [0.05, 0.1) is 19.2 Å². The van der Waals surface area contributed by atoms with E-state index in [1.165, 1.54) is 12.0 Å². The average molecular weight is 337 g/mol. The number of carbonyl (C=O) groups excluding carboxylic acids is 3. The van der Waals surface area contributed by atoms with E-state index >= 15 is 0 Å². The third-order valence-electron chi connectivity index (χ3n) is 3.56. The first kappa shape index (κ1) is 19.7. The third-order valence-corrected chi connectivity index (χ3v) is 3.56. The number of likely N-dealkylation sites (N-methyl/N-ethyl adjacent to an activating group) is 1. The molecule has 0 atom stereocenters. The number of nitrogens with one attached hydrogen (secondary N) is 2. The number of amides is 2. The van der Waals surface area contributed by atoms with Gasteiger partial charge in [-0.3, -0.25) is 9.59 Å². The van der Waals surface area contributed by atoms with Crippen molar-refractivity contribution in [3.05, 3.63) is 22.5 Å². The highest BCUT2D eigenvalue weighted by Crippen LogP contribution is 2.20. The van der Waals surface area contributed by atoms with Crippen molar-refractivity contribution in [2.24, 2.45) is 0 Å². The number of carbonyl (C=O) groups is 3. The Morgan fingerprint density at radius 1 is 1.21 bits per heavy atom. The molecule has 24 heavy (non-hydrogen) atoms. The fourth-order valence-electron chi connectivity index (χ4n) is 2.49. The number of ether oxygens (including phenoxy) is 1. The first-order valence-corrected chi connectivity index (χ1v) is 7.89. The summed E-state index contributed by atoms with van der Waals surface area (Å²) in [5, 5.41) is 2.83. The van der Waals surface area contributed by atoms with Crippen LogP contribution in [0.4, 0.5) is 0 Å². The van der Waals surface area contributed by atoms with Gasteiger partial charge in [-0.25, -0.2) is 4.79 Å². The summed E-state index contributed by atoms with van der Waals surface area (Å²) < 4.78 is 4.75. The molecule has 1 aromatic heterocycles. The standard InChI is InChI=1S/C17H27N3O4/c1-8-20(9-12(21)19-17(4,5)6)15(22)14-10(2)13(11(3)18-14)16(23)24-7/h18H,8-9H2,1-7H3,(H,19,21). The largest absolute Gasteiger partial charge is 0.465 e. The van der Waals surface area contributed by atoms with Crippen LogP contribution in [0.15, 0.2) is 0 Å². The van der Waals surface area contributed by atoms with Gasteiger partial charge in [0.1, 0.15) is 5.69 Å². The predicted molar refractivity (Wildman–Crippen MR) is 91.1 cm³/mol. The maximum atomic E-state index is 12.7. The number of aromatic amines is 1. The molecule has 1 aromatic rings. The van der Waals surface area contributed by atoms with Crippen LogP contribution in [0.2, 0.25) is 0 Å². The summed E-state index contributed by atoms with van der Waals surface area (Å²) in [5.74, 6) is -1.04. The number of esters is 1.